The van der Waals surface area contributed by atoms with Crippen molar-refractivity contribution in [1.82, 2.24) is 0 Å². The van der Waals surface area contributed by atoms with Gasteiger partial charge in [-0.1, -0.05) is 6.07 Å². The molecular formula is C10H12N2O3. The topological polar surface area (TPSA) is 89.4 Å². The van der Waals surface area contributed by atoms with E-state index in [1.807, 2.05) is 0 Å². The Hall–Kier alpha value is -1.62. The standard InChI is InChI=1S/C10H12N2O3/c11-5-7-3-8(7)6-1-2-9(12(14)15)10(13)4-6/h1-2,4,7-8,13H,3,5,11H2/t7-,8-/m0/s1. The van der Waals surface area contributed by atoms with Crippen molar-refractivity contribution in [2.45, 2.75) is 12.3 Å². The lowest BCUT2D eigenvalue weighted by Gasteiger charge is -2.01. The highest BCUT2D eigenvalue weighted by Crippen LogP contribution is 2.48. The SMILES string of the molecule is NC[C@@H]1C[C@H]1c1ccc([N+](=O)[O-])c(O)c1. The van der Waals surface area contributed by atoms with Crippen LogP contribution in [0.25, 0.3) is 0 Å². The highest BCUT2D eigenvalue weighted by Gasteiger charge is 2.37. The van der Waals surface area contributed by atoms with Gasteiger partial charge in [-0.2, -0.15) is 0 Å². The van der Waals surface area contributed by atoms with Crippen LogP contribution in [-0.4, -0.2) is 16.6 Å². The number of nitro benzene ring substituents is 1. The summed E-state index contributed by atoms with van der Waals surface area (Å²) in [7, 11) is 0. The van der Waals surface area contributed by atoms with Gasteiger partial charge >= 0.3 is 5.69 Å². The Morgan fingerprint density at radius 3 is 2.80 bits per heavy atom. The van der Waals surface area contributed by atoms with Gasteiger partial charge in [-0.3, -0.25) is 10.1 Å². The summed E-state index contributed by atoms with van der Waals surface area (Å²) in [4.78, 5) is 9.87. The Morgan fingerprint density at radius 2 is 2.33 bits per heavy atom. The molecule has 0 bridgehead atoms. The fourth-order valence-corrected chi connectivity index (χ4v) is 1.84. The normalized spacial score (nSPS) is 23.8. The monoisotopic (exact) mass is 208 g/mol. The van der Waals surface area contributed by atoms with Crippen LogP contribution in [0.4, 0.5) is 5.69 Å². The highest BCUT2D eigenvalue weighted by molar-refractivity contribution is 5.49. The molecule has 0 heterocycles. The molecule has 80 valence electrons. The number of aromatic hydroxyl groups is 1. The summed E-state index contributed by atoms with van der Waals surface area (Å²) in [5.74, 6) is 0.563. The molecule has 0 aromatic heterocycles. The number of benzene rings is 1. The number of nitro groups is 1. The smallest absolute Gasteiger partial charge is 0.310 e. The first-order chi connectivity index (χ1) is 7.13. The molecule has 0 radical (unpaired) electrons. The fourth-order valence-electron chi connectivity index (χ4n) is 1.84. The molecule has 15 heavy (non-hydrogen) atoms. The van der Waals surface area contributed by atoms with Gasteiger partial charge in [0.1, 0.15) is 0 Å². The van der Waals surface area contributed by atoms with Crippen molar-refractivity contribution in [3.05, 3.63) is 33.9 Å². The summed E-state index contributed by atoms with van der Waals surface area (Å²) in [6, 6.07) is 4.51. The predicted octanol–water partition coefficient (Wildman–Crippen LogP) is 1.36. The van der Waals surface area contributed by atoms with E-state index in [0.717, 1.165) is 12.0 Å². The van der Waals surface area contributed by atoms with Crippen LogP contribution in [0.15, 0.2) is 18.2 Å². The van der Waals surface area contributed by atoms with Crippen molar-refractivity contribution in [1.29, 1.82) is 0 Å². The molecule has 0 saturated heterocycles. The first-order valence-electron chi connectivity index (χ1n) is 4.81. The van der Waals surface area contributed by atoms with Crippen LogP contribution < -0.4 is 5.73 Å². The zero-order valence-corrected chi connectivity index (χ0v) is 8.09. The van der Waals surface area contributed by atoms with Crippen molar-refractivity contribution in [2.75, 3.05) is 6.54 Å². The minimum Gasteiger partial charge on any atom is -0.502 e. The van der Waals surface area contributed by atoms with Gasteiger partial charge in [-0.25, -0.2) is 0 Å². The minimum atomic E-state index is -0.591. The maximum absolute atomic E-state index is 10.5. The molecule has 0 amide bonds. The van der Waals surface area contributed by atoms with E-state index in [1.165, 1.54) is 12.1 Å². The molecule has 1 aromatic rings. The first-order valence-corrected chi connectivity index (χ1v) is 4.81. The number of rotatable bonds is 3. The third-order valence-corrected chi connectivity index (χ3v) is 2.85. The summed E-state index contributed by atoms with van der Waals surface area (Å²) in [5, 5.41) is 19.9. The molecule has 2 atom stereocenters. The Balaban J connectivity index is 2.23. The molecule has 1 saturated carbocycles. The van der Waals surface area contributed by atoms with Gasteiger partial charge < -0.3 is 10.8 Å². The molecule has 5 heteroatoms. The predicted molar refractivity (Wildman–Crippen MR) is 54.7 cm³/mol. The van der Waals surface area contributed by atoms with Crippen LogP contribution >= 0.6 is 0 Å². The van der Waals surface area contributed by atoms with Crippen molar-refractivity contribution in [2.24, 2.45) is 11.7 Å². The van der Waals surface area contributed by atoms with E-state index in [2.05, 4.69) is 0 Å². The second kappa shape index (κ2) is 3.51. The maximum atomic E-state index is 10.5. The van der Waals surface area contributed by atoms with Crippen LogP contribution in [-0.2, 0) is 0 Å². The Bertz CT molecular complexity index is 406. The average Bonchev–Trinajstić information content (AvgIpc) is 2.95. The number of hydrogen-bond acceptors (Lipinski definition) is 4. The fraction of sp³-hybridized carbons (Fsp3) is 0.400. The average molecular weight is 208 g/mol. The number of phenols is 1. The molecular weight excluding hydrogens is 196 g/mol. The van der Waals surface area contributed by atoms with Crippen molar-refractivity contribution < 1.29 is 10.0 Å². The summed E-state index contributed by atoms with van der Waals surface area (Å²) in [5.41, 5.74) is 6.20. The van der Waals surface area contributed by atoms with Crippen LogP contribution in [0.2, 0.25) is 0 Å². The Labute approximate surface area is 86.7 Å². The minimum absolute atomic E-state index is 0.247. The first kappa shape index (κ1) is 9.92. The van der Waals surface area contributed by atoms with E-state index in [4.69, 9.17) is 5.73 Å². The zero-order chi connectivity index (χ0) is 11.0. The molecule has 1 aliphatic carbocycles. The van der Waals surface area contributed by atoms with Crippen molar-refractivity contribution in [3.63, 3.8) is 0 Å². The van der Waals surface area contributed by atoms with Gasteiger partial charge in [0, 0.05) is 6.07 Å². The van der Waals surface area contributed by atoms with Gasteiger partial charge in [-0.15, -0.1) is 0 Å². The lowest BCUT2D eigenvalue weighted by Crippen LogP contribution is -2.02. The molecule has 2 rings (SSSR count). The lowest BCUT2D eigenvalue weighted by molar-refractivity contribution is -0.385. The van der Waals surface area contributed by atoms with E-state index < -0.39 is 4.92 Å². The highest BCUT2D eigenvalue weighted by atomic mass is 16.6. The molecule has 0 spiro atoms. The molecule has 1 aromatic carbocycles. The van der Waals surface area contributed by atoms with Gasteiger partial charge in [0.25, 0.3) is 0 Å². The molecule has 3 N–H and O–H groups in total. The molecule has 1 aliphatic rings. The zero-order valence-electron chi connectivity index (χ0n) is 8.09. The van der Waals surface area contributed by atoms with E-state index in [-0.39, 0.29) is 11.4 Å². The molecule has 1 fully saturated rings. The second-order valence-corrected chi connectivity index (χ2v) is 3.84. The lowest BCUT2D eigenvalue weighted by atomic mass is 10.1. The quantitative estimate of drug-likeness (QED) is 0.579. The molecule has 0 aliphatic heterocycles. The van der Waals surface area contributed by atoms with Gasteiger partial charge in [0.2, 0.25) is 0 Å². The van der Waals surface area contributed by atoms with E-state index >= 15 is 0 Å². The van der Waals surface area contributed by atoms with Gasteiger partial charge in [-0.05, 0) is 36.4 Å². The number of nitrogens with zero attached hydrogens (tertiary/aromatic N) is 1. The molecule has 5 nitrogen and oxygen atoms in total. The summed E-state index contributed by atoms with van der Waals surface area (Å²) < 4.78 is 0. The maximum Gasteiger partial charge on any atom is 0.310 e. The van der Waals surface area contributed by atoms with Crippen LogP contribution in [0.5, 0.6) is 5.75 Å². The van der Waals surface area contributed by atoms with Crippen LogP contribution in [0.1, 0.15) is 17.9 Å². The Morgan fingerprint density at radius 1 is 1.60 bits per heavy atom. The largest absolute Gasteiger partial charge is 0.502 e. The second-order valence-electron chi connectivity index (χ2n) is 3.84. The van der Waals surface area contributed by atoms with Crippen LogP contribution in [0, 0.1) is 16.0 Å². The number of hydrogen-bond donors (Lipinski definition) is 2. The van der Waals surface area contributed by atoms with Gasteiger partial charge in [0.05, 0.1) is 4.92 Å². The van der Waals surface area contributed by atoms with Crippen LogP contribution in [0.3, 0.4) is 0 Å². The number of nitrogens with two attached hydrogens (primary N) is 1. The number of phenolic OH excluding ortho intramolecular Hbond substituents is 1. The molecule has 0 unspecified atom stereocenters. The summed E-state index contributed by atoms with van der Waals surface area (Å²) in [6.45, 7) is 0.627. The summed E-state index contributed by atoms with van der Waals surface area (Å²) in [6.07, 6.45) is 1.01. The Kier molecular flexibility index (Phi) is 2.32. The van der Waals surface area contributed by atoms with E-state index in [0.29, 0.717) is 18.4 Å². The van der Waals surface area contributed by atoms with Crippen molar-refractivity contribution >= 4 is 5.69 Å². The third kappa shape index (κ3) is 1.78. The van der Waals surface area contributed by atoms with Crippen molar-refractivity contribution in [3.8, 4) is 5.75 Å². The summed E-state index contributed by atoms with van der Waals surface area (Å²) >= 11 is 0. The third-order valence-electron chi connectivity index (χ3n) is 2.85. The van der Waals surface area contributed by atoms with Gasteiger partial charge in [0.15, 0.2) is 5.75 Å². The van der Waals surface area contributed by atoms with E-state index in [1.54, 1.807) is 6.07 Å². The van der Waals surface area contributed by atoms with E-state index in [9.17, 15) is 15.2 Å².